The maximum absolute atomic E-state index is 12.8. The Hall–Kier alpha value is -2.44. The Balaban J connectivity index is 1.50. The summed E-state index contributed by atoms with van der Waals surface area (Å²) in [4.78, 5) is 18.9. The number of pyridine rings is 1. The molecule has 3 heterocycles. The van der Waals surface area contributed by atoms with Crippen molar-refractivity contribution in [3.63, 3.8) is 0 Å². The first-order valence-electron chi connectivity index (χ1n) is 9.02. The molecule has 144 valence electrons. The van der Waals surface area contributed by atoms with E-state index >= 15 is 0 Å². The van der Waals surface area contributed by atoms with E-state index in [0.717, 1.165) is 24.1 Å². The van der Waals surface area contributed by atoms with Crippen LogP contribution in [0.15, 0.2) is 40.9 Å². The van der Waals surface area contributed by atoms with Crippen LogP contribution in [-0.2, 0) is 0 Å². The van der Waals surface area contributed by atoms with E-state index in [4.69, 9.17) is 27.6 Å². The zero-order chi connectivity index (χ0) is 19.7. The van der Waals surface area contributed by atoms with E-state index < -0.39 is 0 Å². The fourth-order valence-corrected chi connectivity index (χ4v) is 3.58. The first kappa shape index (κ1) is 18.9. The predicted octanol–water partition coefficient (Wildman–Crippen LogP) is 4.77. The molecule has 1 fully saturated rings. The van der Waals surface area contributed by atoms with Crippen LogP contribution in [0.2, 0.25) is 10.0 Å². The third-order valence-electron chi connectivity index (χ3n) is 4.82. The molecule has 0 N–H and O–H groups in total. The standard InChI is InChI=1S/C20H18Cl2N4O2/c1-12-4-5-14(10-23-12)18-24-25-19(28-18)15-3-2-8-26(11-15)20(27)13-6-7-16(21)17(22)9-13/h4-7,9-10,15H,2-3,8,11H2,1H3. The van der Waals surface area contributed by atoms with E-state index in [2.05, 4.69) is 15.2 Å². The van der Waals surface area contributed by atoms with Gasteiger partial charge in [0.2, 0.25) is 11.8 Å². The average molecular weight is 417 g/mol. The van der Waals surface area contributed by atoms with Gasteiger partial charge in [-0.05, 0) is 50.1 Å². The van der Waals surface area contributed by atoms with Crippen LogP contribution in [0.4, 0.5) is 0 Å². The van der Waals surface area contributed by atoms with E-state index in [1.165, 1.54) is 0 Å². The molecule has 0 radical (unpaired) electrons. The van der Waals surface area contributed by atoms with Crippen LogP contribution < -0.4 is 0 Å². The molecule has 3 aromatic rings. The largest absolute Gasteiger partial charge is 0.420 e. The molecule has 8 heteroatoms. The lowest BCUT2D eigenvalue weighted by Gasteiger charge is -2.31. The monoisotopic (exact) mass is 416 g/mol. The second-order valence-corrected chi connectivity index (χ2v) is 7.67. The lowest BCUT2D eigenvalue weighted by molar-refractivity contribution is 0.0698. The number of carbonyl (C=O) groups is 1. The molecule has 1 aliphatic rings. The summed E-state index contributed by atoms with van der Waals surface area (Å²) in [5, 5.41) is 9.16. The average Bonchev–Trinajstić information content (AvgIpc) is 3.20. The van der Waals surface area contributed by atoms with E-state index in [0.29, 0.717) is 40.5 Å². The number of amides is 1. The maximum atomic E-state index is 12.8. The normalized spacial score (nSPS) is 17.0. The van der Waals surface area contributed by atoms with Crippen molar-refractivity contribution >= 4 is 29.1 Å². The number of hydrogen-bond acceptors (Lipinski definition) is 5. The molecule has 0 saturated carbocycles. The summed E-state index contributed by atoms with van der Waals surface area (Å²) in [6.45, 7) is 3.12. The van der Waals surface area contributed by atoms with Gasteiger partial charge in [0.1, 0.15) is 0 Å². The van der Waals surface area contributed by atoms with Crippen LogP contribution in [0.25, 0.3) is 11.5 Å². The molecular weight excluding hydrogens is 399 g/mol. The van der Waals surface area contributed by atoms with Crippen molar-refractivity contribution < 1.29 is 9.21 Å². The van der Waals surface area contributed by atoms with E-state index in [1.54, 1.807) is 29.3 Å². The highest BCUT2D eigenvalue weighted by Gasteiger charge is 2.29. The van der Waals surface area contributed by atoms with E-state index in [1.807, 2.05) is 19.1 Å². The van der Waals surface area contributed by atoms with Gasteiger partial charge in [-0.2, -0.15) is 0 Å². The van der Waals surface area contributed by atoms with Crippen molar-refractivity contribution in [2.24, 2.45) is 0 Å². The topological polar surface area (TPSA) is 72.1 Å². The Morgan fingerprint density at radius 1 is 1.18 bits per heavy atom. The Kier molecular flexibility index (Phi) is 5.33. The second kappa shape index (κ2) is 7.89. The number of benzene rings is 1. The van der Waals surface area contributed by atoms with Gasteiger partial charge in [0.05, 0.1) is 21.5 Å². The molecule has 0 bridgehead atoms. The van der Waals surface area contributed by atoms with Gasteiger partial charge in [-0.3, -0.25) is 9.78 Å². The van der Waals surface area contributed by atoms with Gasteiger partial charge in [0.25, 0.3) is 5.91 Å². The predicted molar refractivity (Wildman–Crippen MR) is 107 cm³/mol. The molecule has 4 rings (SSSR count). The first-order valence-corrected chi connectivity index (χ1v) is 9.77. The summed E-state index contributed by atoms with van der Waals surface area (Å²) in [6, 6.07) is 8.73. The summed E-state index contributed by atoms with van der Waals surface area (Å²) in [6.07, 6.45) is 3.47. The van der Waals surface area contributed by atoms with Crippen molar-refractivity contribution in [2.45, 2.75) is 25.7 Å². The maximum Gasteiger partial charge on any atom is 0.253 e. The van der Waals surface area contributed by atoms with E-state index in [9.17, 15) is 4.79 Å². The summed E-state index contributed by atoms with van der Waals surface area (Å²) < 4.78 is 5.88. The van der Waals surface area contributed by atoms with Crippen molar-refractivity contribution in [2.75, 3.05) is 13.1 Å². The highest BCUT2D eigenvalue weighted by Crippen LogP contribution is 2.30. The summed E-state index contributed by atoms with van der Waals surface area (Å²) in [5.41, 5.74) is 2.23. The van der Waals surface area contributed by atoms with Crippen LogP contribution in [0.3, 0.4) is 0 Å². The van der Waals surface area contributed by atoms with Gasteiger partial charge >= 0.3 is 0 Å². The Morgan fingerprint density at radius 3 is 2.79 bits per heavy atom. The lowest BCUT2D eigenvalue weighted by atomic mass is 9.97. The van der Waals surface area contributed by atoms with Crippen molar-refractivity contribution in [3.8, 4) is 11.5 Å². The lowest BCUT2D eigenvalue weighted by Crippen LogP contribution is -2.39. The van der Waals surface area contributed by atoms with Gasteiger partial charge in [0, 0.05) is 30.5 Å². The minimum Gasteiger partial charge on any atom is -0.420 e. The number of carbonyl (C=O) groups excluding carboxylic acids is 1. The minimum atomic E-state index is -0.0780. The fraction of sp³-hybridized carbons (Fsp3) is 0.300. The van der Waals surface area contributed by atoms with Gasteiger partial charge in [-0.15, -0.1) is 10.2 Å². The summed E-state index contributed by atoms with van der Waals surface area (Å²) in [7, 11) is 0. The highest BCUT2D eigenvalue weighted by molar-refractivity contribution is 6.42. The molecule has 1 atom stereocenters. The molecule has 1 amide bonds. The van der Waals surface area contributed by atoms with Gasteiger partial charge in [-0.25, -0.2) is 0 Å². The number of nitrogens with zero attached hydrogens (tertiary/aromatic N) is 4. The van der Waals surface area contributed by atoms with Gasteiger partial charge < -0.3 is 9.32 Å². The Morgan fingerprint density at radius 2 is 2.04 bits per heavy atom. The molecule has 0 aliphatic carbocycles. The molecule has 6 nitrogen and oxygen atoms in total. The van der Waals surface area contributed by atoms with Gasteiger partial charge in [-0.1, -0.05) is 23.2 Å². The number of aromatic nitrogens is 3. The number of hydrogen-bond donors (Lipinski definition) is 0. The van der Waals surface area contributed by atoms with Crippen LogP contribution in [0.1, 0.15) is 40.7 Å². The van der Waals surface area contributed by atoms with Crippen LogP contribution >= 0.6 is 23.2 Å². The van der Waals surface area contributed by atoms with Crippen LogP contribution in [0, 0.1) is 6.92 Å². The molecule has 1 saturated heterocycles. The number of rotatable bonds is 3. The molecular formula is C20H18Cl2N4O2. The fourth-order valence-electron chi connectivity index (χ4n) is 3.29. The third kappa shape index (κ3) is 3.88. The Bertz CT molecular complexity index is 1000. The molecule has 1 unspecified atom stereocenters. The molecule has 0 spiro atoms. The number of aryl methyl sites for hydroxylation is 1. The SMILES string of the molecule is Cc1ccc(-c2nnc(C3CCCN(C(=O)c4ccc(Cl)c(Cl)c4)C3)o2)cn1. The van der Waals surface area contributed by atoms with Crippen molar-refractivity contribution in [3.05, 3.63) is 63.7 Å². The molecule has 1 aromatic carbocycles. The number of likely N-dealkylation sites (tertiary alicyclic amines) is 1. The minimum absolute atomic E-state index is 0.000120. The molecule has 28 heavy (non-hydrogen) atoms. The highest BCUT2D eigenvalue weighted by atomic mass is 35.5. The van der Waals surface area contributed by atoms with Crippen molar-refractivity contribution in [1.29, 1.82) is 0 Å². The zero-order valence-corrected chi connectivity index (χ0v) is 16.7. The zero-order valence-electron chi connectivity index (χ0n) is 15.2. The number of halogens is 2. The van der Waals surface area contributed by atoms with E-state index in [-0.39, 0.29) is 11.8 Å². The number of piperidine rings is 1. The molecule has 1 aliphatic heterocycles. The summed E-state index contributed by atoms with van der Waals surface area (Å²) in [5.74, 6) is 0.906. The first-order chi connectivity index (χ1) is 13.5. The second-order valence-electron chi connectivity index (χ2n) is 6.85. The smallest absolute Gasteiger partial charge is 0.253 e. The quantitative estimate of drug-likeness (QED) is 0.614. The van der Waals surface area contributed by atoms with Crippen molar-refractivity contribution in [1.82, 2.24) is 20.1 Å². The van der Waals surface area contributed by atoms with Crippen LogP contribution in [0.5, 0.6) is 0 Å². The van der Waals surface area contributed by atoms with Crippen LogP contribution in [-0.4, -0.2) is 39.1 Å². The Labute approximate surface area is 172 Å². The third-order valence-corrected chi connectivity index (χ3v) is 5.56. The van der Waals surface area contributed by atoms with Gasteiger partial charge in [0.15, 0.2) is 0 Å². The molecule has 2 aromatic heterocycles. The summed E-state index contributed by atoms with van der Waals surface area (Å²) >= 11 is 12.0.